The maximum Gasteiger partial charge on any atom is 0.329 e. The van der Waals surface area contributed by atoms with E-state index in [2.05, 4.69) is 4.57 Å². The Kier molecular flexibility index (Phi) is 5.75. The van der Waals surface area contributed by atoms with E-state index in [9.17, 15) is 14.4 Å². The highest BCUT2D eigenvalue weighted by Crippen LogP contribution is 2.38. The lowest BCUT2D eigenvalue weighted by Crippen LogP contribution is -2.48. The molecule has 0 bridgehead atoms. The van der Waals surface area contributed by atoms with Gasteiger partial charge in [0.15, 0.2) is 6.61 Å². The van der Waals surface area contributed by atoms with Gasteiger partial charge in [-0.05, 0) is 64.2 Å². The Balaban J connectivity index is 1.42. The van der Waals surface area contributed by atoms with E-state index in [1.807, 2.05) is 26.0 Å². The Bertz CT molecular complexity index is 959. The highest BCUT2D eigenvalue weighted by Gasteiger charge is 2.34. The van der Waals surface area contributed by atoms with Crippen LogP contribution in [0.25, 0.3) is 0 Å². The first kappa shape index (κ1) is 20.4. The van der Waals surface area contributed by atoms with Crippen molar-refractivity contribution in [1.82, 2.24) is 9.47 Å². The predicted molar refractivity (Wildman–Crippen MR) is 113 cm³/mol. The van der Waals surface area contributed by atoms with E-state index < -0.39 is 12.0 Å². The molecule has 1 atom stereocenters. The number of rotatable bonds is 6. The Morgan fingerprint density at radius 2 is 1.77 bits per heavy atom. The number of benzene rings is 1. The van der Waals surface area contributed by atoms with Crippen molar-refractivity contribution in [2.45, 2.75) is 58.0 Å². The molecule has 0 spiro atoms. The van der Waals surface area contributed by atoms with Gasteiger partial charge in [0.1, 0.15) is 6.04 Å². The summed E-state index contributed by atoms with van der Waals surface area (Å²) in [5.74, 6) is -0.861. The second-order valence-corrected chi connectivity index (χ2v) is 8.29. The Morgan fingerprint density at radius 3 is 2.47 bits per heavy atom. The summed E-state index contributed by atoms with van der Waals surface area (Å²) >= 11 is 0. The van der Waals surface area contributed by atoms with Crippen molar-refractivity contribution in [3.8, 4) is 0 Å². The molecule has 2 aliphatic rings. The Labute approximate surface area is 176 Å². The second kappa shape index (κ2) is 8.46. The molecule has 1 aromatic heterocycles. The van der Waals surface area contributed by atoms with Gasteiger partial charge in [0.2, 0.25) is 5.78 Å². The summed E-state index contributed by atoms with van der Waals surface area (Å²) in [5, 5.41) is 0. The van der Waals surface area contributed by atoms with Crippen molar-refractivity contribution in [3.63, 3.8) is 0 Å². The molecule has 4 rings (SSSR count). The van der Waals surface area contributed by atoms with Crippen LogP contribution in [0.5, 0.6) is 0 Å². The van der Waals surface area contributed by atoms with Gasteiger partial charge < -0.3 is 14.2 Å². The topological polar surface area (TPSA) is 68.6 Å². The zero-order chi connectivity index (χ0) is 21.3. The van der Waals surface area contributed by atoms with Gasteiger partial charge >= 0.3 is 5.97 Å². The minimum Gasteiger partial charge on any atom is -0.456 e. The van der Waals surface area contributed by atoms with Gasteiger partial charge in [0.25, 0.3) is 5.91 Å². The fourth-order valence-electron chi connectivity index (χ4n) is 4.43. The molecule has 1 aromatic carbocycles. The van der Waals surface area contributed by atoms with Crippen molar-refractivity contribution < 1.29 is 19.1 Å². The van der Waals surface area contributed by atoms with Gasteiger partial charge in [-0.25, -0.2) is 4.79 Å². The number of nitrogens with zero attached hydrogens (tertiary/aromatic N) is 2. The van der Waals surface area contributed by atoms with E-state index in [1.54, 1.807) is 29.2 Å². The van der Waals surface area contributed by atoms with Gasteiger partial charge in [-0.15, -0.1) is 0 Å². The number of hydrogen-bond donors (Lipinski definition) is 0. The Hall–Kier alpha value is -2.89. The van der Waals surface area contributed by atoms with Crippen LogP contribution in [0.2, 0.25) is 0 Å². The van der Waals surface area contributed by atoms with Gasteiger partial charge in [-0.3, -0.25) is 9.59 Å². The van der Waals surface area contributed by atoms with E-state index in [4.69, 9.17) is 4.74 Å². The Morgan fingerprint density at radius 1 is 1.03 bits per heavy atom. The minimum absolute atomic E-state index is 0.170. The second-order valence-electron chi connectivity index (χ2n) is 8.29. The van der Waals surface area contributed by atoms with Crippen molar-refractivity contribution in [3.05, 3.63) is 58.9 Å². The van der Waals surface area contributed by atoms with Gasteiger partial charge in [0, 0.05) is 35.1 Å². The maximum absolute atomic E-state index is 12.9. The standard InChI is InChI=1S/C24H28N2O4/c1-16-14-20(17(2)26(16)19-11-12-19)22(27)15-30-24(29)21-10-6-7-13-25(21)23(28)18-8-4-3-5-9-18/h3-5,8-9,14,19,21H,6-7,10-13,15H2,1-2H3. The molecule has 1 saturated heterocycles. The first-order chi connectivity index (χ1) is 14.5. The third kappa shape index (κ3) is 4.04. The van der Waals surface area contributed by atoms with Crippen LogP contribution in [0.15, 0.2) is 36.4 Å². The number of esters is 1. The highest BCUT2D eigenvalue weighted by atomic mass is 16.5. The van der Waals surface area contributed by atoms with E-state index in [1.165, 1.54) is 0 Å². The van der Waals surface area contributed by atoms with Crippen LogP contribution in [0, 0.1) is 13.8 Å². The molecule has 0 radical (unpaired) electrons. The number of aryl methyl sites for hydroxylation is 1. The summed E-state index contributed by atoms with van der Waals surface area (Å²) in [6.45, 7) is 4.17. The predicted octanol–water partition coefficient (Wildman–Crippen LogP) is 3.86. The maximum atomic E-state index is 12.9. The van der Waals surface area contributed by atoms with Gasteiger partial charge in [-0.2, -0.15) is 0 Å². The van der Waals surface area contributed by atoms with E-state index in [0.717, 1.165) is 37.1 Å². The zero-order valence-electron chi connectivity index (χ0n) is 17.6. The number of aromatic nitrogens is 1. The number of piperidine rings is 1. The number of amides is 1. The summed E-state index contributed by atoms with van der Waals surface area (Å²) in [5.41, 5.74) is 3.18. The van der Waals surface area contributed by atoms with Crippen LogP contribution < -0.4 is 0 Å². The van der Waals surface area contributed by atoms with E-state index in [0.29, 0.717) is 30.1 Å². The smallest absolute Gasteiger partial charge is 0.329 e. The van der Waals surface area contributed by atoms with Crippen LogP contribution in [0.3, 0.4) is 0 Å². The van der Waals surface area contributed by atoms with Crippen molar-refractivity contribution >= 4 is 17.7 Å². The fraction of sp³-hybridized carbons (Fsp3) is 0.458. The number of hydrogen-bond acceptors (Lipinski definition) is 4. The van der Waals surface area contributed by atoms with Gasteiger partial charge in [0.05, 0.1) is 0 Å². The lowest BCUT2D eigenvalue weighted by Gasteiger charge is -2.34. The summed E-state index contributed by atoms with van der Waals surface area (Å²) in [6.07, 6.45) is 4.56. The van der Waals surface area contributed by atoms with Gasteiger partial charge in [-0.1, -0.05) is 18.2 Å². The number of Topliss-reactive ketones (excluding diaryl/α,β-unsaturated/α-hetero) is 1. The summed E-state index contributed by atoms with van der Waals surface area (Å²) in [7, 11) is 0. The lowest BCUT2D eigenvalue weighted by molar-refractivity contribution is -0.149. The summed E-state index contributed by atoms with van der Waals surface area (Å²) in [4.78, 5) is 40.0. The number of ketones is 1. The van der Waals surface area contributed by atoms with Crippen molar-refractivity contribution in [1.29, 1.82) is 0 Å². The normalized spacial score (nSPS) is 18.9. The molecule has 1 aliphatic heterocycles. The summed E-state index contributed by atoms with van der Waals surface area (Å²) < 4.78 is 7.61. The first-order valence-corrected chi connectivity index (χ1v) is 10.7. The van der Waals surface area contributed by atoms with E-state index >= 15 is 0 Å². The van der Waals surface area contributed by atoms with Crippen LogP contribution >= 0.6 is 0 Å². The van der Waals surface area contributed by atoms with Crippen LogP contribution in [-0.2, 0) is 9.53 Å². The monoisotopic (exact) mass is 408 g/mol. The number of ether oxygens (including phenoxy) is 1. The van der Waals surface area contributed by atoms with Crippen molar-refractivity contribution in [2.24, 2.45) is 0 Å². The molecule has 2 aromatic rings. The third-order valence-electron chi connectivity index (χ3n) is 6.10. The highest BCUT2D eigenvalue weighted by molar-refractivity contribution is 6.00. The lowest BCUT2D eigenvalue weighted by atomic mass is 10.0. The molecule has 158 valence electrons. The zero-order valence-corrected chi connectivity index (χ0v) is 17.6. The molecule has 6 nitrogen and oxygen atoms in total. The molecular formula is C24H28N2O4. The van der Waals surface area contributed by atoms with Crippen LogP contribution in [-0.4, -0.2) is 46.3 Å². The molecular weight excluding hydrogens is 380 g/mol. The van der Waals surface area contributed by atoms with Crippen molar-refractivity contribution in [2.75, 3.05) is 13.2 Å². The quantitative estimate of drug-likeness (QED) is 0.538. The number of carbonyl (C=O) groups excluding carboxylic acids is 3. The molecule has 6 heteroatoms. The van der Waals surface area contributed by atoms with Crippen LogP contribution in [0.4, 0.5) is 0 Å². The average molecular weight is 408 g/mol. The summed E-state index contributed by atoms with van der Waals surface area (Å²) in [6, 6.07) is 10.7. The molecule has 2 fully saturated rings. The largest absolute Gasteiger partial charge is 0.456 e. The third-order valence-corrected chi connectivity index (χ3v) is 6.10. The molecule has 30 heavy (non-hydrogen) atoms. The molecule has 0 N–H and O–H groups in total. The SMILES string of the molecule is Cc1cc(C(=O)COC(=O)C2CCCCN2C(=O)c2ccccc2)c(C)n1C1CC1. The molecule has 1 unspecified atom stereocenters. The minimum atomic E-state index is -0.641. The first-order valence-electron chi connectivity index (χ1n) is 10.7. The molecule has 1 amide bonds. The average Bonchev–Trinajstić information content (AvgIpc) is 3.56. The number of carbonyl (C=O) groups is 3. The van der Waals surface area contributed by atoms with E-state index in [-0.39, 0.29) is 18.3 Å². The fourth-order valence-corrected chi connectivity index (χ4v) is 4.43. The molecule has 2 heterocycles. The molecule has 1 saturated carbocycles. The number of likely N-dealkylation sites (tertiary alicyclic amines) is 1. The van der Waals surface area contributed by atoms with Crippen LogP contribution in [0.1, 0.15) is 70.2 Å². The molecule has 1 aliphatic carbocycles.